The number of aliphatic hydroxyl groups is 1. The molecule has 8 aliphatic heterocycles. The summed E-state index contributed by atoms with van der Waals surface area (Å²) in [5, 5.41) is 16.1. The Bertz CT molecular complexity index is 5110. The van der Waals surface area contributed by atoms with Crippen LogP contribution in [0.1, 0.15) is 179 Å². The van der Waals surface area contributed by atoms with E-state index >= 15 is 33.6 Å². The zero-order valence-corrected chi connectivity index (χ0v) is 91.6. The van der Waals surface area contributed by atoms with Gasteiger partial charge in [0.2, 0.25) is 0 Å². The number of hydrogen-bond donors (Lipinski definition) is 4. The van der Waals surface area contributed by atoms with Crippen molar-refractivity contribution in [3.63, 3.8) is 0 Å². The van der Waals surface area contributed by atoms with E-state index in [1.165, 1.54) is 97.1 Å². The normalized spacial score (nSPS) is 31.9. The molecule has 0 aromatic heterocycles. The van der Waals surface area contributed by atoms with E-state index in [4.69, 9.17) is 207 Å². The molecule has 4 aromatic rings. The average Bonchev–Trinajstić information content (AvgIpc) is 0.737. The van der Waals surface area contributed by atoms with Crippen LogP contribution < -0.4 is 16.0 Å². The summed E-state index contributed by atoms with van der Waals surface area (Å²) >= 11 is 58.6. The number of hydrogen-bond acceptors (Lipinski definition) is 32. The lowest BCUT2D eigenvalue weighted by Gasteiger charge is -2.59. The summed E-state index contributed by atoms with van der Waals surface area (Å²) < 4.78 is 144. The van der Waals surface area contributed by atoms with Crippen LogP contribution in [0.2, 0.25) is 30.2 Å². The smallest absolute Gasteiger partial charge is 0.349 e. The van der Waals surface area contributed by atoms with E-state index < -0.39 is 287 Å². The zero-order valence-electron chi connectivity index (χ0n) is 81.8. The number of alkyl halides is 9. The number of aliphatic hydroxyl groups excluding tert-OH is 1. The largest absolute Gasteiger partial charge is 0.467 e. The van der Waals surface area contributed by atoms with Gasteiger partial charge in [-0.2, -0.15) is 0 Å². The Morgan fingerprint density at radius 3 is 0.859 bits per heavy atom. The Labute approximate surface area is 872 Å². The first kappa shape index (κ1) is 114. The molecular formula is C95H122Cl9N3O32Si3. The second-order valence-electron chi connectivity index (χ2n) is 42.1. The van der Waals surface area contributed by atoms with Crippen molar-refractivity contribution >= 4 is 184 Å². The van der Waals surface area contributed by atoms with Crippen LogP contribution in [0, 0.1) is 0 Å². The summed E-state index contributed by atoms with van der Waals surface area (Å²) in [4.78, 5) is 139. The summed E-state index contributed by atoms with van der Waals surface area (Å²) in [7, 11) is -9.56. The van der Waals surface area contributed by atoms with Crippen LogP contribution in [0.3, 0.4) is 0 Å². The number of ether oxygens (including phenoxy) is 16. The summed E-state index contributed by atoms with van der Waals surface area (Å²) in [5.41, 5.74) is -0.644. The van der Waals surface area contributed by atoms with Gasteiger partial charge in [-0.05, 0) is 61.4 Å². The van der Waals surface area contributed by atoms with Crippen LogP contribution >= 0.6 is 104 Å². The van der Waals surface area contributed by atoms with Gasteiger partial charge in [0, 0.05) is 30.2 Å². The van der Waals surface area contributed by atoms with Gasteiger partial charge >= 0.3 is 61.5 Å². The van der Waals surface area contributed by atoms with Crippen molar-refractivity contribution in [2.75, 3.05) is 34.0 Å². The standard InChI is InChI=1S/C95H122Cl9N3O32Si3/c1-87(2,3)140(88(4,5)6)120-45-53-60(137-140)59(108)56(105-84(115)93(96,97)98)79(124-53)133-65-67(127-73(109)48-35-25-21-26-36-48)71(129-75(111)50-39-29-23-30-40-50)83(135-69(65)77(113)118-19)132-64-58(107-86(117)95(102,103)104)81(126-55-47-122-142(91(13,14)15,92(16,17)18)139-62(55)64)134-66-68(128-74(110)49-37-27-22-28-38-49)72(130-76(112)51-41-31-24-32-42-51)82(136-70(66)78(114)119-20)131-63-57(106-85(116)94(99,100)101)80(123-52-43-33-34-44-52)125-54-46-121-141(89(7,8)9,90(10,11)12)138-61(54)63/h21-42,52-72,79-83,108H,43-47H2,1-20H3,(H,105,115)(H,106,116)(H,107,117)/t53-,54-,55-,56-,57-,58-,59-,60-,61-,62-,63-,64-,65+,66+,67+,68+,69+,70+,71-,72-,79+,80-,81+,82-,83-/m1/s1. The van der Waals surface area contributed by atoms with E-state index in [2.05, 4.69) is 16.0 Å². The Balaban J connectivity index is 1.02. The van der Waals surface area contributed by atoms with E-state index in [0.717, 1.165) is 14.2 Å². The highest BCUT2D eigenvalue weighted by Gasteiger charge is 2.72. The first-order valence-corrected chi connectivity index (χ1v) is 55.1. The third kappa shape index (κ3) is 24.2. The molecule has 8 fully saturated rings. The summed E-state index contributed by atoms with van der Waals surface area (Å²) in [6, 6.07) is 23.6. The number of fused-ring (bicyclic) bond motifs is 3. The molecule has 47 heteroatoms. The van der Waals surface area contributed by atoms with E-state index in [-0.39, 0.29) is 35.5 Å². The van der Waals surface area contributed by atoms with Gasteiger partial charge in [0.15, 0.2) is 68.1 Å². The lowest BCUT2D eigenvalue weighted by molar-refractivity contribution is -0.376. The molecule has 1 aliphatic carbocycles. The van der Waals surface area contributed by atoms with E-state index in [1.54, 1.807) is 24.3 Å². The second-order valence-corrected chi connectivity index (χ2v) is 63.2. The molecule has 0 saturated carbocycles. The molecule has 8 saturated heterocycles. The third-order valence-electron chi connectivity index (χ3n) is 26.1. The highest BCUT2D eigenvalue weighted by Crippen LogP contribution is 2.60. The minimum atomic E-state index is -4.09. The van der Waals surface area contributed by atoms with Crippen molar-refractivity contribution in [2.24, 2.45) is 0 Å². The van der Waals surface area contributed by atoms with Crippen LogP contribution in [-0.2, 0) is 126 Å². The third-order valence-corrected chi connectivity index (χ3v) is 43.1. The van der Waals surface area contributed by atoms with Crippen molar-refractivity contribution in [2.45, 2.75) is 339 Å². The number of halogens is 9. The molecule has 142 heavy (non-hydrogen) atoms. The van der Waals surface area contributed by atoms with E-state index in [0.29, 0.717) is 12.8 Å². The van der Waals surface area contributed by atoms with Gasteiger partial charge < -0.3 is 123 Å². The van der Waals surface area contributed by atoms with Gasteiger partial charge in [-0.15, -0.1) is 0 Å². The molecule has 0 radical (unpaired) electrons. The van der Waals surface area contributed by atoms with Crippen LogP contribution in [0.5, 0.6) is 0 Å². The first-order valence-electron chi connectivity index (χ1n) is 46.2. The molecule has 35 nitrogen and oxygen atoms in total. The number of carbonyl (C=O) groups is 9. The lowest BCUT2D eigenvalue weighted by atomic mass is 9.93. The van der Waals surface area contributed by atoms with Crippen molar-refractivity contribution < 1.29 is 151 Å². The molecule has 0 unspecified atom stereocenters. The van der Waals surface area contributed by atoms with Gasteiger partial charge in [-0.3, -0.25) is 14.4 Å². The molecule has 784 valence electrons. The van der Waals surface area contributed by atoms with E-state index in [9.17, 15) is 14.7 Å². The van der Waals surface area contributed by atoms with Crippen molar-refractivity contribution in [3.05, 3.63) is 156 Å². The Morgan fingerprint density at radius 1 is 0.324 bits per heavy atom. The first-order chi connectivity index (χ1) is 66.1. The quantitative estimate of drug-likeness (QED) is 0.0176. The van der Waals surface area contributed by atoms with Gasteiger partial charge in [0.25, 0.3) is 29.1 Å². The molecule has 25 atom stereocenters. The Hall–Kier alpha value is -5.57. The molecule has 4 N–H and O–H groups in total. The summed E-state index contributed by atoms with van der Waals surface area (Å²) in [6.45, 7) is 33.2. The number of rotatable bonds is 23. The van der Waals surface area contributed by atoms with Crippen LogP contribution in [0.15, 0.2) is 133 Å². The number of carbonyl (C=O) groups excluding carboxylic acids is 9. The molecule has 9 aliphatic rings. The maximum absolute atomic E-state index is 15.8. The summed E-state index contributed by atoms with van der Waals surface area (Å²) in [5.74, 6) is -11.6. The molecular weight excluding hydrogens is 2100 g/mol. The lowest BCUT2D eigenvalue weighted by Crippen LogP contribution is -2.76. The minimum absolute atomic E-state index is 0.137. The minimum Gasteiger partial charge on any atom is -0.467 e. The summed E-state index contributed by atoms with van der Waals surface area (Å²) in [6.07, 6.45) is -40.2. The monoisotopic (exact) mass is 2220 g/mol. The number of amides is 3. The number of esters is 6. The number of nitrogens with one attached hydrogen (secondary N) is 3. The number of methoxy groups -OCH3 is 2. The molecule has 0 bridgehead atoms. The molecule has 4 aromatic carbocycles. The fourth-order valence-corrected chi connectivity index (χ4v) is 35.6. The maximum Gasteiger partial charge on any atom is 0.349 e. The van der Waals surface area contributed by atoms with Crippen molar-refractivity contribution in [3.8, 4) is 0 Å². The molecule has 8 heterocycles. The van der Waals surface area contributed by atoms with Crippen molar-refractivity contribution in [1.29, 1.82) is 0 Å². The van der Waals surface area contributed by atoms with Gasteiger partial charge in [0.1, 0.15) is 85.3 Å². The van der Waals surface area contributed by atoms with Gasteiger partial charge in [-0.1, -0.05) is 314 Å². The zero-order chi connectivity index (χ0) is 104. The highest BCUT2D eigenvalue weighted by atomic mass is 35.6. The number of benzene rings is 4. The Kier molecular flexibility index (Phi) is 35.3. The van der Waals surface area contributed by atoms with Crippen LogP contribution in [0.25, 0.3) is 0 Å². The molecule has 3 amide bonds. The van der Waals surface area contributed by atoms with Crippen LogP contribution in [-0.4, -0.2) is 289 Å². The Morgan fingerprint density at radius 2 is 0.577 bits per heavy atom. The fraction of sp³-hybridized carbons (Fsp3) is 0.632. The average molecular weight is 2220 g/mol. The highest BCUT2D eigenvalue weighted by molar-refractivity contribution is 6.78. The van der Waals surface area contributed by atoms with Crippen LogP contribution in [0.4, 0.5) is 0 Å². The fourth-order valence-electron chi connectivity index (χ4n) is 20.2. The maximum atomic E-state index is 15.8. The topological polar surface area (TPSA) is 413 Å². The predicted molar refractivity (Wildman–Crippen MR) is 523 cm³/mol. The van der Waals surface area contributed by atoms with Crippen molar-refractivity contribution in [1.82, 2.24) is 16.0 Å². The SMILES string of the molecule is COC(=O)[C@H]1O[C@@H](O[C@@H]2[C@@H](NC(=O)C(Cl)(Cl)Cl)[C@H](O[C@H]3[C@H](OC(=O)c4ccccc4)[C@@H](OC(=O)c4ccccc4)[C@H](O[C@@H]4[C@@H](NC(=O)C(Cl)(Cl)Cl)[C@H](OC5CC=CC5)O[C@@H]5CO[Si](C(C)(C)C)(C(C)(C)C)O[C@@H]45)O[C@@H]3C(=O)OC)O[C@@H]3CO[Si](C(C)(C)C)(C(C)(C)C)O[C@@H]23)[C@H](OC(=O)c2ccccc2)[C@@H](OC(=O)c2ccccc2)[C@@H]1O[C@@H]1O[C@@H]2CO[Si](C(C)(C)C)(C(C)(C)C)O[C@H]2[C@H](O)[C@H]1NC(=O)C(Cl)(Cl)Cl. The molecule has 0 spiro atoms. The predicted octanol–water partition coefficient (Wildman–Crippen LogP) is 14.4. The second kappa shape index (κ2) is 44.2. The van der Waals surface area contributed by atoms with E-state index in [1.807, 2.05) is 137 Å². The van der Waals surface area contributed by atoms with Gasteiger partial charge in [-0.25, -0.2) is 28.8 Å². The molecule has 13 rings (SSSR count). The van der Waals surface area contributed by atoms with Gasteiger partial charge in [0.05, 0.1) is 62.4 Å².